The highest BCUT2D eigenvalue weighted by atomic mass is 32.1. The number of carbonyl (C=O) groups is 4. The standard InChI is InChI=1S/C37H46N6O5S/c1-37(2,48)25-18-28-30(19-26(25)38)49-34(40-28)23-8-6-22(7-9-23)20-42-16-13-21(14-17-42)12-15-39-27-5-3-4-24-32(27)36(47)43(35(24)46)29-10-11-31(44)41-33(29)45/h3-5,18-19,21-23,29,39,48H,6-17,20,38H2,1-2H3,(H,41,44,45)/t22-,23-,29?. The summed E-state index contributed by atoms with van der Waals surface area (Å²) in [7, 11) is 0. The smallest absolute Gasteiger partial charge is 0.264 e. The number of hydrogen-bond donors (Lipinski definition) is 4. The lowest BCUT2D eigenvalue weighted by molar-refractivity contribution is -0.136. The Morgan fingerprint density at radius 1 is 1.00 bits per heavy atom. The minimum atomic E-state index is -0.997. The Hall–Kier alpha value is -3.87. The van der Waals surface area contributed by atoms with E-state index in [-0.39, 0.29) is 18.7 Å². The third kappa shape index (κ3) is 6.82. The van der Waals surface area contributed by atoms with Crippen LogP contribution in [-0.2, 0) is 15.2 Å². The van der Waals surface area contributed by atoms with Gasteiger partial charge in [0.1, 0.15) is 6.04 Å². The van der Waals surface area contributed by atoms with Gasteiger partial charge in [-0.15, -0.1) is 11.3 Å². The van der Waals surface area contributed by atoms with Gasteiger partial charge in [-0.1, -0.05) is 6.07 Å². The van der Waals surface area contributed by atoms with E-state index in [1.807, 2.05) is 18.2 Å². The first-order valence-electron chi connectivity index (χ1n) is 17.7. The van der Waals surface area contributed by atoms with Gasteiger partial charge in [-0.2, -0.15) is 0 Å². The van der Waals surface area contributed by atoms with Crippen molar-refractivity contribution in [2.24, 2.45) is 11.8 Å². The summed E-state index contributed by atoms with van der Waals surface area (Å²) in [4.78, 5) is 59.2. The number of nitrogens with two attached hydrogens (primary N) is 1. The number of anilines is 2. The first-order valence-corrected chi connectivity index (χ1v) is 18.5. The number of carbonyl (C=O) groups excluding carboxylic acids is 4. The van der Waals surface area contributed by atoms with E-state index in [2.05, 4.69) is 15.5 Å². The molecule has 4 amide bonds. The number of amides is 4. The average Bonchev–Trinajstić information content (AvgIpc) is 3.59. The summed E-state index contributed by atoms with van der Waals surface area (Å²) in [6, 6.07) is 8.15. The van der Waals surface area contributed by atoms with E-state index in [1.54, 1.807) is 37.3 Å². The topological polar surface area (TPSA) is 158 Å². The molecule has 1 unspecified atom stereocenters. The van der Waals surface area contributed by atoms with E-state index in [9.17, 15) is 24.3 Å². The number of aliphatic hydroxyl groups is 1. The summed E-state index contributed by atoms with van der Waals surface area (Å²) in [5.74, 6) is -0.157. The number of nitrogens with zero attached hydrogens (tertiary/aromatic N) is 3. The number of nitrogens with one attached hydrogen (secondary N) is 2. The molecule has 11 nitrogen and oxygen atoms in total. The maximum Gasteiger partial charge on any atom is 0.264 e. The van der Waals surface area contributed by atoms with Crippen molar-refractivity contribution < 1.29 is 24.3 Å². The molecule has 1 aliphatic carbocycles. The predicted octanol–water partition coefficient (Wildman–Crippen LogP) is 5.00. The minimum Gasteiger partial charge on any atom is -0.398 e. The molecule has 0 radical (unpaired) electrons. The number of piperidine rings is 2. The van der Waals surface area contributed by atoms with Gasteiger partial charge in [-0.05, 0) is 114 Å². The van der Waals surface area contributed by atoms with Gasteiger partial charge in [-0.25, -0.2) is 4.98 Å². The van der Waals surface area contributed by atoms with Crippen molar-refractivity contribution in [1.82, 2.24) is 20.1 Å². The molecule has 7 rings (SSSR count). The third-order valence-electron chi connectivity index (χ3n) is 11.0. The molecule has 4 heterocycles. The van der Waals surface area contributed by atoms with Gasteiger partial charge < -0.3 is 21.1 Å². The van der Waals surface area contributed by atoms with Crippen LogP contribution in [0.4, 0.5) is 11.4 Å². The fourth-order valence-corrected chi connectivity index (χ4v) is 9.37. The SMILES string of the molecule is CC(C)(O)c1cc2nc([C@H]3CC[C@H](CN4CCC(CCNc5cccc6c5C(=O)N(C5CCC(=O)NC5=O)C6=O)CC4)CC3)sc2cc1N. The molecule has 3 aromatic rings. The predicted molar refractivity (Wildman–Crippen MR) is 189 cm³/mol. The Morgan fingerprint density at radius 2 is 1.76 bits per heavy atom. The molecular formula is C37H46N6O5S. The normalized spacial score (nSPS) is 24.1. The number of likely N-dealkylation sites (tertiary alicyclic amines) is 1. The van der Waals surface area contributed by atoms with E-state index in [0.717, 1.165) is 72.4 Å². The largest absolute Gasteiger partial charge is 0.398 e. The fourth-order valence-electron chi connectivity index (χ4n) is 8.20. The second-order valence-corrected chi connectivity index (χ2v) is 15.9. The number of fused-ring (bicyclic) bond motifs is 2. The van der Waals surface area contributed by atoms with Crippen LogP contribution >= 0.6 is 11.3 Å². The highest BCUT2D eigenvalue weighted by molar-refractivity contribution is 7.18. The molecule has 0 spiro atoms. The summed E-state index contributed by atoms with van der Waals surface area (Å²) in [6.45, 7) is 7.56. The van der Waals surface area contributed by atoms with E-state index in [1.165, 1.54) is 17.8 Å². The van der Waals surface area contributed by atoms with Crippen molar-refractivity contribution in [2.45, 2.75) is 89.2 Å². The summed E-state index contributed by atoms with van der Waals surface area (Å²) < 4.78 is 1.09. The molecule has 2 saturated heterocycles. The molecule has 3 fully saturated rings. The maximum atomic E-state index is 13.4. The lowest BCUT2D eigenvalue weighted by Gasteiger charge is -2.36. The van der Waals surface area contributed by atoms with Gasteiger partial charge in [0.25, 0.3) is 11.8 Å². The highest BCUT2D eigenvalue weighted by Crippen LogP contribution is 2.41. The van der Waals surface area contributed by atoms with Gasteiger partial charge in [0.05, 0.1) is 32.0 Å². The Balaban J connectivity index is 0.859. The van der Waals surface area contributed by atoms with Gasteiger partial charge in [0.2, 0.25) is 11.8 Å². The number of benzene rings is 2. The number of nitrogen functional groups attached to an aromatic ring is 1. The van der Waals surface area contributed by atoms with Crippen LogP contribution in [0.1, 0.15) is 109 Å². The van der Waals surface area contributed by atoms with Gasteiger partial charge in [-0.3, -0.25) is 29.4 Å². The van der Waals surface area contributed by atoms with E-state index >= 15 is 0 Å². The first-order chi connectivity index (χ1) is 23.5. The highest BCUT2D eigenvalue weighted by Gasteiger charge is 2.45. The summed E-state index contributed by atoms with van der Waals surface area (Å²) >= 11 is 1.74. The second kappa shape index (κ2) is 13.4. The molecule has 3 aliphatic heterocycles. The van der Waals surface area contributed by atoms with Gasteiger partial charge in [0, 0.05) is 42.4 Å². The summed E-state index contributed by atoms with van der Waals surface area (Å²) in [5, 5.41) is 17.3. The van der Waals surface area contributed by atoms with Crippen LogP contribution in [0, 0.1) is 11.8 Å². The number of rotatable bonds is 9. The Bertz CT molecular complexity index is 1780. The molecule has 4 aliphatic rings. The van der Waals surface area contributed by atoms with Crippen LogP contribution in [-0.4, -0.2) is 75.7 Å². The number of hydrogen-bond acceptors (Lipinski definition) is 10. The molecule has 2 aromatic carbocycles. The Kier molecular flexibility index (Phi) is 9.23. The van der Waals surface area contributed by atoms with Crippen LogP contribution in [0.15, 0.2) is 30.3 Å². The summed E-state index contributed by atoms with van der Waals surface area (Å²) in [5.41, 5.74) is 8.77. The first kappa shape index (κ1) is 33.6. The van der Waals surface area contributed by atoms with E-state index in [4.69, 9.17) is 10.7 Å². The molecule has 0 bridgehead atoms. The van der Waals surface area contributed by atoms with E-state index < -0.39 is 29.4 Å². The molecule has 260 valence electrons. The van der Waals surface area contributed by atoms with Crippen LogP contribution in [0.3, 0.4) is 0 Å². The minimum absolute atomic E-state index is 0.100. The molecule has 49 heavy (non-hydrogen) atoms. The van der Waals surface area contributed by atoms with Crippen molar-refractivity contribution in [3.63, 3.8) is 0 Å². The van der Waals surface area contributed by atoms with Crippen molar-refractivity contribution in [3.8, 4) is 0 Å². The van der Waals surface area contributed by atoms with Gasteiger partial charge >= 0.3 is 0 Å². The zero-order valence-corrected chi connectivity index (χ0v) is 29.1. The van der Waals surface area contributed by atoms with Gasteiger partial charge in [0.15, 0.2) is 0 Å². The zero-order valence-electron chi connectivity index (χ0n) is 28.3. The third-order valence-corrected chi connectivity index (χ3v) is 12.2. The van der Waals surface area contributed by atoms with Crippen LogP contribution in [0.25, 0.3) is 10.2 Å². The molecule has 1 atom stereocenters. The molecular weight excluding hydrogens is 641 g/mol. The van der Waals surface area contributed by atoms with Crippen molar-refractivity contribution in [2.75, 3.05) is 37.2 Å². The lowest BCUT2D eigenvalue weighted by Crippen LogP contribution is -2.54. The molecule has 1 saturated carbocycles. The van der Waals surface area contributed by atoms with Crippen molar-refractivity contribution >= 4 is 56.6 Å². The van der Waals surface area contributed by atoms with Crippen LogP contribution in [0.2, 0.25) is 0 Å². The monoisotopic (exact) mass is 686 g/mol. The van der Waals surface area contributed by atoms with Crippen LogP contribution in [0.5, 0.6) is 0 Å². The second-order valence-electron chi connectivity index (χ2n) is 14.9. The van der Waals surface area contributed by atoms with Crippen molar-refractivity contribution in [1.29, 1.82) is 0 Å². The fraction of sp³-hybridized carbons (Fsp3) is 0.541. The van der Waals surface area contributed by atoms with Crippen molar-refractivity contribution in [3.05, 3.63) is 52.0 Å². The molecule has 1 aromatic heterocycles. The van der Waals surface area contributed by atoms with Crippen LogP contribution < -0.4 is 16.4 Å². The number of thiazole rings is 1. The Labute approximate surface area is 290 Å². The summed E-state index contributed by atoms with van der Waals surface area (Å²) in [6.07, 6.45) is 8.25. The number of imide groups is 2. The Morgan fingerprint density at radius 3 is 2.47 bits per heavy atom. The average molecular weight is 687 g/mol. The molecule has 5 N–H and O–H groups in total. The zero-order chi connectivity index (χ0) is 34.4. The quantitative estimate of drug-likeness (QED) is 0.180. The van der Waals surface area contributed by atoms with E-state index in [0.29, 0.717) is 46.8 Å². The number of aromatic nitrogens is 1. The lowest BCUT2D eigenvalue weighted by atomic mass is 9.81. The maximum absolute atomic E-state index is 13.4. The molecule has 12 heteroatoms.